The number of nitrogens with two attached hydrogens (primary N) is 1. The zero-order valence-corrected chi connectivity index (χ0v) is 19.1. The zero-order chi connectivity index (χ0) is 20.8. The van der Waals surface area contributed by atoms with Crippen LogP contribution in [0.2, 0.25) is 0 Å². The third-order valence-electron chi connectivity index (χ3n) is 5.09. The molecule has 2 aromatic rings. The number of thiophene rings is 1. The maximum atomic E-state index is 13.1. The number of unbranched alkanes of at least 4 members (excludes halogenated alkanes) is 3. The van der Waals surface area contributed by atoms with Crippen LogP contribution in [0.5, 0.6) is 5.75 Å². The SMILES string of the molecule is CCCCCCOc1ccc(Br)cc1C(=O)Nc1sc2c(c1C(N)=O)CCCC2. The lowest BCUT2D eigenvalue weighted by Crippen LogP contribution is -2.19. The van der Waals surface area contributed by atoms with E-state index in [1.54, 1.807) is 12.1 Å². The molecule has 0 spiro atoms. The van der Waals surface area contributed by atoms with Crippen LogP contribution in [-0.4, -0.2) is 18.4 Å². The molecule has 7 heteroatoms. The summed E-state index contributed by atoms with van der Waals surface area (Å²) in [6, 6.07) is 5.40. The molecule has 0 atom stereocenters. The Labute approximate surface area is 184 Å². The Hall–Kier alpha value is -1.86. The van der Waals surface area contributed by atoms with Gasteiger partial charge in [0.1, 0.15) is 10.8 Å². The van der Waals surface area contributed by atoms with Crippen molar-refractivity contribution in [1.82, 2.24) is 0 Å². The lowest BCUT2D eigenvalue weighted by molar-refractivity contribution is 0.100. The fourth-order valence-corrected chi connectivity index (χ4v) is 5.25. The molecule has 0 unspecified atom stereocenters. The highest BCUT2D eigenvalue weighted by Gasteiger charge is 2.26. The molecule has 5 nitrogen and oxygen atoms in total. The molecule has 1 aliphatic rings. The second-order valence-electron chi connectivity index (χ2n) is 7.28. The zero-order valence-electron chi connectivity index (χ0n) is 16.7. The summed E-state index contributed by atoms with van der Waals surface area (Å²) >= 11 is 4.89. The van der Waals surface area contributed by atoms with E-state index in [0.29, 0.717) is 28.5 Å². The van der Waals surface area contributed by atoms with Crippen molar-refractivity contribution >= 4 is 44.1 Å². The minimum atomic E-state index is -0.485. The highest BCUT2D eigenvalue weighted by Crippen LogP contribution is 2.38. The van der Waals surface area contributed by atoms with Crippen LogP contribution in [0.4, 0.5) is 5.00 Å². The van der Waals surface area contributed by atoms with E-state index in [-0.39, 0.29) is 5.91 Å². The first-order valence-corrected chi connectivity index (χ1v) is 11.8. The van der Waals surface area contributed by atoms with E-state index in [0.717, 1.165) is 53.4 Å². The monoisotopic (exact) mass is 478 g/mol. The number of benzene rings is 1. The summed E-state index contributed by atoms with van der Waals surface area (Å²) in [7, 11) is 0. The minimum Gasteiger partial charge on any atom is -0.493 e. The van der Waals surface area contributed by atoms with Gasteiger partial charge in [-0.3, -0.25) is 9.59 Å². The molecule has 0 bridgehead atoms. The maximum Gasteiger partial charge on any atom is 0.260 e. The number of primary amides is 1. The van der Waals surface area contributed by atoms with Crippen molar-refractivity contribution in [1.29, 1.82) is 0 Å². The van der Waals surface area contributed by atoms with E-state index in [4.69, 9.17) is 10.5 Å². The number of aryl methyl sites for hydroxylation is 1. The van der Waals surface area contributed by atoms with E-state index in [2.05, 4.69) is 28.2 Å². The number of halogens is 1. The van der Waals surface area contributed by atoms with Gasteiger partial charge >= 0.3 is 0 Å². The largest absolute Gasteiger partial charge is 0.493 e. The molecule has 3 rings (SSSR count). The summed E-state index contributed by atoms with van der Waals surface area (Å²) in [6.45, 7) is 2.74. The fraction of sp³-hybridized carbons (Fsp3) is 0.455. The number of hydrogen-bond donors (Lipinski definition) is 2. The molecule has 0 saturated carbocycles. The van der Waals surface area contributed by atoms with Crippen LogP contribution in [0.3, 0.4) is 0 Å². The van der Waals surface area contributed by atoms with Crippen molar-refractivity contribution in [3.05, 3.63) is 44.2 Å². The molecule has 2 amide bonds. The van der Waals surface area contributed by atoms with Gasteiger partial charge in [-0.1, -0.05) is 42.1 Å². The number of rotatable bonds is 9. The Morgan fingerprint density at radius 2 is 2.00 bits per heavy atom. The molecule has 0 fully saturated rings. The van der Waals surface area contributed by atoms with Gasteiger partial charge in [0, 0.05) is 9.35 Å². The molecule has 0 radical (unpaired) electrons. The standard InChI is InChI=1S/C22H27BrN2O3S/c1-2-3-4-7-12-28-17-11-10-14(23)13-16(17)21(27)25-22-19(20(24)26)15-8-5-6-9-18(15)29-22/h10-11,13H,2-9,12H2,1H3,(H2,24,26)(H,25,27). The Morgan fingerprint density at radius 1 is 1.21 bits per heavy atom. The lowest BCUT2D eigenvalue weighted by atomic mass is 9.95. The Kier molecular flexibility index (Phi) is 7.72. The number of carbonyl (C=O) groups excluding carboxylic acids is 2. The number of amides is 2. The van der Waals surface area contributed by atoms with Crippen molar-refractivity contribution in [2.75, 3.05) is 11.9 Å². The van der Waals surface area contributed by atoms with Gasteiger partial charge in [0.15, 0.2) is 0 Å². The van der Waals surface area contributed by atoms with Crippen LogP contribution in [0, 0.1) is 0 Å². The van der Waals surface area contributed by atoms with Crippen molar-refractivity contribution in [2.24, 2.45) is 5.73 Å². The molecule has 1 aromatic heterocycles. The number of ether oxygens (including phenoxy) is 1. The number of fused-ring (bicyclic) bond motifs is 1. The summed E-state index contributed by atoms with van der Waals surface area (Å²) in [4.78, 5) is 26.3. The summed E-state index contributed by atoms with van der Waals surface area (Å²) in [5.74, 6) is -0.235. The molecule has 156 valence electrons. The average Bonchev–Trinajstić information content (AvgIpc) is 3.06. The van der Waals surface area contributed by atoms with Gasteiger partial charge in [-0.2, -0.15) is 0 Å². The van der Waals surface area contributed by atoms with E-state index in [1.165, 1.54) is 24.2 Å². The summed E-state index contributed by atoms with van der Waals surface area (Å²) < 4.78 is 6.68. The normalized spacial score (nSPS) is 13.0. The first-order valence-electron chi connectivity index (χ1n) is 10.2. The Morgan fingerprint density at radius 3 is 2.76 bits per heavy atom. The second-order valence-corrected chi connectivity index (χ2v) is 9.30. The third kappa shape index (κ3) is 5.39. The van der Waals surface area contributed by atoms with E-state index in [1.807, 2.05) is 6.07 Å². The average molecular weight is 479 g/mol. The number of anilines is 1. The van der Waals surface area contributed by atoms with E-state index >= 15 is 0 Å². The highest BCUT2D eigenvalue weighted by molar-refractivity contribution is 9.10. The molecule has 0 saturated heterocycles. The smallest absolute Gasteiger partial charge is 0.260 e. The molecule has 29 heavy (non-hydrogen) atoms. The predicted octanol–water partition coefficient (Wildman–Crippen LogP) is 5.70. The topological polar surface area (TPSA) is 81.4 Å². The van der Waals surface area contributed by atoms with Gasteiger partial charge in [-0.15, -0.1) is 11.3 Å². The lowest BCUT2D eigenvalue weighted by Gasteiger charge is -2.13. The van der Waals surface area contributed by atoms with Crippen LogP contribution in [0.15, 0.2) is 22.7 Å². The fourth-order valence-electron chi connectivity index (χ4n) is 3.60. The summed E-state index contributed by atoms with van der Waals surface area (Å²) in [6.07, 6.45) is 8.31. The molecule has 1 heterocycles. The van der Waals surface area contributed by atoms with Crippen LogP contribution < -0.4 is 15.8 Å². The predicted molar refractivity (Wildman–Crippen MR) is 121 cm³/mol. The first kappa shape index (κ1) is 21.8. The van der Waals surface area contributed by atoms with Gasteiger partial charge < -0.3 is 15.8 Å². The first-order chi connectivity index (χ1) is 14.0. The van der Waals surface area contributed by atoms with Crippen LogP contribution in [0.25, 0.3) is 0 Å². The van der Waals surface area contributed by atoms with Crippen molar-refractivity contribution in [3.8, 4) is 5.75 Å². The maximum absolute atomic E-state index is 13.1. The highest BCUT2D eigenvalue weighted by atomic mass is 79.9. The molecule has 0 aliphatic heterocycles. The summed E-state index contributed by atoms with van der Waals surface area (Å²) in [5.41, 5.74) is 7.56. The second kappa shape index (κ2) is 10.3. The van der Waals surface area contributed by atoms with Gasteiger partial charge in [-0.25, -0.2) is 0 Å². The van der Waals surface area contributed by atoms with Crippen molar-refractivity contribution < 1.29 is 14.3 Å². The quantitative estimate of drug-likeness (QED) is 0.453. The van der Waals surface area contributed by atoms with Crippen LogP contribution >= 0.6 is 27.3 Å². The third-order valence-corrected chi connectivity index (χ3v) is 6.79. The number of nitrogens with one attached hydrogen (secondary N) is 1. The molecule has 3 N–H and O–H groups in total. The van der Waals surface area contributed by atoms with E-state index in [9.17, 15) is 9.59 Å². The molecule has 1 aliphatic carbocycles. The van der Waals surface area contributed by atoms with Gasteiger partial charge in [0.05, 0.1) is 17.7 Å². The van der Waals surface area contributed by atoms with Gasteiger partial charge in [-0.05, 0) is 55.9 Å². The van der Waals surface area contributed by atoms with Gasteiger partial charge in [0.2, 0.25) is 0 Å². The van der Waals surface area contributed by atoms with Crippen molar-refractivity contribution in [3.63, 3.8) is 0 Å². The van der Waals surface area contributed by atoms with E-state index < -0.39 is 5.91 Å². The van der Waals surface area contributed by atoms with Crippen LogP contribution in [0.1, 0.15) is 76.6 Å². The minimum absolute atomic E-state index is 0.295. The molecular formula is C22H27BrN2O3S. The number of hydrogen-bond acceptors (Lipinski definition) is 4. The Bertz CT molecular complexity index is 894. The molecule has 1 aromatic carbocycles. The van der Waals surface area contributed by atoms with Crippen LogP contribution in [-0.2, 0) is 12.8 Å². The van der Waals surface area contributed by atoms with Gasteiger partial charge in [0.25, 0.3) is 11.8 Å². The van der Waals surface area contributed by atoms with Crippen molar-refractivity contribution in [2.45, 2.75) is 58.3 Å². The number of carbonyl (C=O) groups is 2. The molecular weight excluding hydrogens is 452 g/mol. The summed E-state index contributed by atoms with van der Waals surface area (Å²) in [5, 5.41) is 3.47. The Balaban J connectivity index is 1.79.